The predicted molar refractivity (Wildman–Crippen MR) is 65.2 cm³/mol. The Morgan fingerprint density at radius 1 is 1.44 bits per heavy atom. The van der Waals surface area contributed by atoms with Crippen molar-refractivity contribution in [1.82, 2.24) is 4.98 Å². The molecule has 1 N–H and O–H groups in total. The van der Waals surface area contributed by atoms with Crippen molar-refractivity contribution < 1.29 is 19.4 Å². The maximum Gasteiger partial charge on any atom is 0.339 e. The number of ether oxygens (including phenoxy) is 2. The van der Waals surface area contributed by atoms with Crippen LogP contribution in [-0.4, -0.2) is 27.8 Å². The molecule has 0 saturated heterocycles. The molecule has 0 spiro atoms. The standard InChI is InChI=1S/C13H17NO4/c1-13(2,3)18-11-10(17-8-4-5-8)9(12(15)16)6-7-14-11/h6-8H,4-5H2,1-3H3,(H,15,16). The maximum absolute atomic E-state index is 11.2. The molecule has 5 heteroatoms. The molecule has 1 heterocycles. The average Bonchev–Trinajstić information content (AvgIpc) is 3.01. The van der Waals surface area contributed by atoms with Crippen molar-refractivity contribution in [3.05, 3.63) is 17.8 Å². The highest BCUT2D eigenvalue weighted by Crippen LogP contribution is 2.36. The Hall–Kier alpha value is -1.78. The van der Waals surface area contributed by atoms with Gasteiger partial charge in [0.1, 0.15) is 11.2 Å². The number of carbonyl (C=O) groups is 1. The van der Waals surface area contributed by atoms with Crippen LogP contribution in [-0.2, 0) is 0 Å². The fraction of sp³-hybridized carbons (Fsp3) is 0.538. The molecule has 98 valence electrons. The minimum atomic E-state index is -1.04. The van der Waals surface area contributed by atoms with Crippen molar-refractivity contribution in [3.63, 3.8) is 0 Å². The summed E-state index contributed by atoms with van der Waals surface area (Å²) >= 11 is 0. The van der Waals surface area contributed by atoms with Crippen LogP contribution in [0.15, 0.2) is 12.3 Å². The Morgan fingerprint density at radius 3 is 2.61 bits per heavy atom. The molecule has 2 rings (SSSR count). The van der Waals surface area contributed by atoms with Crippen LogP contribution in [0.4, 0.5) is 0 Å². The highest BCUT2D eigenvalue weighted by molar-refractivity contribution is 5.91. The molecule has 5 nitrogen and oxygen atoms in total. The van der Waals surface area contributed by atoms with Crippen LogP contribution in [0.3, 0.4) is 0 Å². The molecule has 0 aromatic carbocycles. The van der Waals surface area contributed by atoms with E-state index in [1.807, 2.05) is 20.8 Å². The number of carboxylic acids is 1. The van der Waals surface area contributed by atoms with Gasteiger partial charge < -0.3 is 14.6 Å². The zero-order chi connectivity index (χ0) is 13.3. The average molecular weight is 251 g/mol. The van der Waals surface area contributed by atoms with E-state index in [-0.39, 0.29) is 23.3 Å². The van der Waals surface area contributed by atoms with Gasteiger partial charge in [0.25, 0.3) is 5.88 Å². The van der Waals surface area contributed by atoms with Gasteiger partial charge in [0.05, 0.1) is 6.10 Å². The molecule has 18 heavy (non-hydrogen) atoms. The second kappa shape index (κ2) is 4.48. The summed E-state index contributed by atoms with van der Waals surface area (Å²) in [7, 11) is 0. The third kappa shape index (κ3) is 3.12. The Labute approximate surface area is 106 Å². The molecule has 0 aliphatic heterocycles. The summed E-state index contributed by atoms with van der Waals surface area (Å²) in [6, 6.07) is 1.43. The van der Waals surface area contributed by atoms with E-state index in [2.05, 4.69) is 4.98 Å². The molecule has 0 bridgehead atoms. The number of rotatable bonds is 4. The van der Waals surface area contributed by atoms with E-state index >= 15 is 0 Å². The van der Waals surface area contributed by atoms with Crippen molar-refractivity contribution in [2.24, 2.45) is 0 Å². The number of pyridine rings is 1. The van der Waals surface area contributed by atoms with Crippen molar-refractivity contribution in [2.45, 2.75) is 45.3 Å². The molecule has 1 saturated carbocycles. The van der Waals surface area contributed by atoms with Crippen LogP contribution < -0.4 is 9.47 Å². The highest BCUT2D eigenvalue weighted by atomic mass is 16.5. The predicted octanol–water partition coefficient (Wildman–Crippen LogP) is 2.50. The normalized spacial score (nSPS) is 15.3. The molecule has 1 aliphatic rings. The van der Waals surface area contributed by atoms with Crippen LogP contribution in [0.2, 0.25) is 0 Å². The first-order chi connectivity index (χ1) is 8.37. The van der Waals surface area contributed by atoms with Crippen molar-refractivity contribution in [1.29, 1.82) is 0 Å². The molecule has 1 fully saturated rings. The Kier molecular flexibility index (Phi) is 3.15. The fourth-order valence-electron chi connectivity index (χ4n) is 1.43. The zero-order valence-corrected chi connectivity index (χ0v) is 10.8. The highest BCUT2D eigenvalue weighted by Gasteiger charge is 2.29. The van der Waals surface area contributed by atoms with Crippen LogP contribution in [0.1, 0.15) is 44.0 Å². The smallest absolute Gasteiger partial charge is 0.339 e. The van der Waals surface area contributed by atoms with Gasteiger partial charge in [-0.05, 0) is 39.7 Å². The van der Waals surface area contributed by atoms with Gasteiger partial charge in [0.15, 0.2) is 5.75 Å². The van der Waals surface area contributed by atoms with Crippen LogP contribution >= 0.6 is 0 Å². The van der Waals surface area contributed by atoms with Gasteiger partial charge in [-0.2, -0.15) is 0 Å². The first-order valence-electron chi connectivity index (χ1n) is 5.95. The van der Waals surface area contributed by atoms with E-state index in [0.29, 0.717) is 0 Å². The number of aromatic carboxylic acids is 1. The monoisotopic (exact) mass is 251 g/mol. The molecule has 0 radical (unpaired) electrons. The number of hydrogen-bond donors (Lipinski definition) is 1. The third-order valence-corrected chi connectivity index (χ3v) is 2.31. The van der Waals surface area contributed by atoms with Crippen LogP contribution in [0.5, 0.6) is 11.6 Å². The zero-order valence-electron chi connectivity index (χ0n) is 10.8. The second-order valence-electron chi connectivity index (χ2n) is 5.33. The van der Waals surface area contributed by atoms with E-state index in [1.165, 1.54) is 12.3 Å². The van der Waals surface area contributed by atoms with E-state index in [1.54, 1.807) is 0 Å². The van der Waals surface area contributed by atoms with Gasteiger partial charge in [-0.25, -0.2) is 9.78 Å². The maximum atomic E-state index is 11.2. The van der Waals surface area contributed by atoms with Gasteiger partial charge in [-0.3, -0.25) is 0 Å². The first-order valence-corrected chi connectivity index (χ1v) is 5.95. The molecular weight excluding hydrogens is 234 g/mol. The Morgan fingerprint density at radius 2 is 2.11 bits per heavy atom. The van der Waals surface area contributed by atoms with E-state index in [4.69, 9.17) is 14.6 Å². The minimum Gasteiger partial charge on any atom is -0.484 e. The third-order valence-electron chi connectivity index (χ3n) is 2.31. The van der Waals surface area contributed by atoms with Crippen molar-refractivity contribution >= 4 is 5.97 Å². The lowest BCUT2D eigenvalue weighted by Gasteiger charge is -2.22. The molecule has 0 unspecified atom stereocenters. The van der Waals surface area contributed by atoms with E-state index in [9.17, 15) is 4.79 Å². The number of hydrogen-bond acceptors (Lipinski definition) is 4. The van der Waals surface area contributed by atoms with Crippen LogP contribution in [0, 0.1) is 0 Å². The lowest BCUT2D eigenvalue weighted by molar-refractivity contribution is 0.0685. The van der Waals surface area contributed by atoms with Gasteiger partial charge in [0.2, 0.25) is 0 Å². The number of aromatic nitrogens is 1. The van der Waals surface area contributed by atoms with Crippen molar-refractivity contribution in [3.8, 4) is 11.6 Å². The first kappa shape index (κ1) is 12.7. The molecule has 0 atom stereocenters. The van der Waals surface area contributed by atoms with Gasteiger partial charge in [0, 0.05) is 6.20 Å². The van der Waals surface area contributed by atoms with E-state index < -0.39 is 11.6 Å². The summed E-state index contributed by atoms with van der Waals surface area (Å²) in [5, 5.41) is 9.16. The summed E-state index contributed by atoms with van der Waals surface area (Å²) < 4.78 is 11.3. The molecule has 0 amide bonds. The molecule has 1 aliphatic carbocycles. The van der Waals surface area contributed by atoms with Gasteiger partial charge >= 0.3 is 5.97 Å². The fourth-order valence-corrected chi connectivity index (χ4v) is 1.43. The lowest BCUT2D eigenvalue weighted by atomic mass is 10.2. The van der Waals surface area contributed by atoms with Crippen LogP contribution in [0.25, 0.3) is 0 Å². The summed E-state index contributed by atoms with van der Waals surface area (Å²) in [6.45, 7) is 5.63. The summed E-state index contributed by atoms with van der Waals surface area (Å²) in [5.41, 5.74) is -0.359. The lowest BCUT2D eigenvalue weighted by Crippen LogP contribution is -2.24. The minimum absolute atomic E-state index is 0.0922. The summed E-state index contributed by atoms with van der Waals surface area (Å²) in [4.78, 5) is 15.3. The largest absolute Gasteiger partial charge is 0.484 e. The quantitative estimate of drug-likeness (QED) is 0.890. The topological polar surface area (TPSA) is 68.7 Å². The number of carboxylic acid groups (broad SMARTS) is 1. The Bertz CT molecular complexity index is 461. The van der Waals surface area contributed by atoms with Crippen molar-refractivity contribution in [2.75, 3.05) is 0 Å². The van der Waals surface area contributed by atoms with E-state index in [0.717, 1.165) is 12.8 Å². The Balaban J connectivity index is 2.36. The SMILES string of the molecule is CC(C)(C)Oc1nccc(C(=O)O)c1OC1CC1. The number of nitrogens with zero attached hydrogens (tertiary/aromatic N) is 1. The molecular formula is C13H17NO4. The summed E-state index contributed by atoms with van der Waals surface area (Å²) in [6.07, 6.45) is 3.41. The molecule has 1 aromatic heterocycles. The summed E-state index contributed by atoms with van der Waals surface area (Å²) in [5.74, 6) is -0.552. The van der Waals surface area contributed by atoms with Gasteiger partial charge in [-0.1, -0.05) is 0 Å². The second-order valence-corrected chi connectivity index (χ2v) is 5.33. The van der Waals surface area contributed by atoms with Gasteiger partial charge in [-0.15, -0.1) is 0 Å². The molecule has 1 aromatic rings.